The molecule has 0 saturated heterocycles. The van der Waals surface area contributed by atoms with Crippen molar-refractivity contribution in [2.45, 2.75) is 18.9 Å². The molecule has 0 rings (SSSR count). The smallest absolute Gasteiger partial charge is 0.145 e. The maximum Gasteiger partial charge on any atom is 0.145 e. The zero-order valence-electron chi connectivity index (χ0n) is 9.31. The van der Waals surface area contributed by atoms with Gasteiger partial charge in [0.2, 0.25) is 0 Å². The highest BCUT2D eigenvalue weighted by molar-refractivity contribution is 6.34. The maximum atomic E-state index is 5.24. The predicted molar refractivity (Wildman–Crippen MR) is 65.0 cm³/mol. The molecule has 0 bridgehead atoms. The molecular weight excluding hydrogens is 196 g/mol. The van der Waals surface area contributed by atoms with Crippen LogP contribution in [-0.4, -0.2) is 58.9 Å². The molecule has 80 valence electrons. The van der Waals surface area contributed by atoms with Crippen LogP contribution in [0.4, 0.5) is 0 Å². The van der Waals surface area contributed by atoms with Crippen LogP contribution >= 0.6 is 0 Å². The van der Waals surface area contributed by atoms with Crippen molar-refractivity contribution < 1.29 is 4.12 Å². The molecule has 0 aliphatic carbocycles. The second kappa shape index (κ2) is 10.4. The first-order chi connectivity index (χ1) is 6.27. The van der Waals surface area contributed by atoms with Gasteiger partial charge in [0, 0.05) is 0 Å². The van der Waals surface area contributed by atoms with Gasteiger partial charge in [-0.2, -0.15) is 0 Å². The number of nitrogens with zero attached hydrogens (tertiary/aromatic N) is 1. The first kappa shape index (κ1) is 13.3. The molecule has 0 saturated carbocycles. The minimum absolute atomic E-state index is 0.117. The number of nitrogens with one attached hydrogen (secondary N) is 1. The third-order valence-corrected chi connectivity index (χ3v) is 4.33. The van der Waals surface area contributed by atoms with Crippen LogP contribution < -0.4 is 5.32 Å². The predicted octanol–water partition coefficient (Wildman–Crippen LogP) is -1.28. The summed E-state index contributed by atoms with van der Waals surface area (Å²) < 4.78 is 5.24. The summed E-state index contributed by atoms with van der Waals surface area (Å²) in [4.78, 5) is 2.23. The molecule has 0 aromatic rings. The normalized spacial score (nSPS) is 12.2. The molecule has 5 heteroatoms. The molecule has 0 aromatic carbocycles. The van der Waals surface area contributed by atoms with Crippen molar-refractivity contribution >= 4 is 20.2 Å². The third-order valence-electron chi connectivity index (χ3n) is 1.91. The van der Waals surface area contributed by atoms with E-state index in [0.717, 1.165) is 17.0 Å². The molecule has 0 radical (unpaired) electrons. The summed E-state index contributed by atoms with van der Waals surface area (Å²) in [5.74, 6) is 0. The molecule has 0 unspecified atom stereocenters. The summed E-state index contributed by atoms with van der Waals surface area (Å²) in [6.07, 6.45) is 2.55. The molecule has 0 heterocycles. The van der Waals surface area contributed by atoms with Gasteiger partial charge in [-0.1, -0.05) is 0 Å². The number of rotatable bonds is 9. The first-order valence-corrected chi connectivity index (χ1v) is 7.51. The maximum absolute atomic E-state index is 5.24. The lowest BCUT2D eigenvalue weighted by molar-refractivity contribution is 0.394. The Hall–Kier alpha value is 0.314. The van der Waals surface area contributed by atoms with Crippen molar-refractivity contribution in [3.8, 4) is 0 Å². The third kappa shape index (κ3) is 12.3. The summed E-state index contributed by atoms with van der Waals surface area (Å²) in [6.45, 7) is 3.51. The minimum Gasteiger partial charge on any atom is -0.468 e. The fraction of sp³-hybridized carbons (Fsp3) is 1.00. The quantitative estimate of drug-likeness (QED) is 0.387. The SMILES string of the molecule is CN(C)CCCNCCC[SiH2]O[SiH3]. The van der Waals surface area contributed by atoms with E-state index in [-0.39, 0.29) is 9.76 Å². The first-order valence-electron chi connectivity index (χ1n) is 5.11. The molecule has 3 nitrogen and oxygen atoms in total. The molecule has 1 N–H and O–H groups in total. The van der Waals surface area contributed by atoms with Crippen molar-refractivity contribution in [2.75, 3.05) is 33.7 Å². The van der Waals surface area contributed by atoms with Gasteiger partial charge in [-0.05, 0) is 52.6 Å². The van der Waals surface area contributed by atoms with Crippen molar-refractivity contribution in [3.05, 3.63) is 0 Å². The fourth-order valence-electron chi connectivity index (χ4n) is 1.14. The molecule has 0 aromatic heterocycles. The van der Waals surface area contributed by atoms with Gasteiger partial charge >= 0.3 is 0 Å². The standard InChI is InChI=1S/C8H24N2OSi2/c1-10(2)7-3-5-9-6-4-8-13-11-12/h9H,3-8,13H2,1-2,12H3. The van der Waals surface area contributed by atoms with Crippen molar-refractivity contribution in [1.29, 1.82) is 0 Å². The molecule has 0 aliphatic heterocycles. The van der Waals surface area contributed by atoms with Crippen LogP contribution in [0.3, 0.4) is 0 Å². The van der Waals surface area contributed by atoms with E-state index in [4.69, 9.17) is 4.12 Å². The van der Waals surface area contributed by atoms with Gasteiger partial charge in [-0.3, -0.25) is 0 Å². The van der Waals surface area contributed by atoms with Gasteiger partial charge < -0.3 is 14.3 Å². The van der Waals surface area contributed by atoms with E-state index in [9.17, 15) is 0 Å². The zero-order valence-corrected chi connectivity index (χ0v) is 12.7. The molecule has 0 aliphatic rings. The van der Waals surface area contributed by atoms with E-state index in [1.807, 2.05) is 0 Å². The molecule has 0 amide bonds. The van der Waals surface area contributed by atoms with Gasteiger partial charge in [0.05, 0.1) is 0 Å². The highest BCUT2D eigenvalue weighted by Gasteiger charge is 1.91. The molecular formula is C8H24N2OSi2. The Labute approximate surface area is 87.7 Å². The van der Waals surface area contributed by atoms with E-state index < -0.39 is 0 Å². The summed E-state index contributed by atoms with van der Waals surface area (Å²) in [6, 6.07) is 1.34. The van der Waals surface area contributed by atoms with E-state index >= 15 is 0 Å². The molecule has 0 fully saturated rings. The average molecular weight is 220 g/mol. The fourth-order valence-corrected chi connectivity index (χ4v) is 2.75. The summed E-state index contributed by atoms with van der Waals surface area (Å²) in [5.41, 5.74) is 0. The molecule has 0 atom stereocenters. The van der Waals surface area contributed by atoms with Gasteiger partial charge in [-0.25, -0.2) is 0 Å². The Balaban J connectivity index is 2.84. The lowest BCUT2D eigenvalue weighted by atomic mass is 10.4. The van der Waals surface area contributed by atoms with Crippen LogP contribution in [0.2, 0.25) is 6.04 Å². The summed E-state index contributed by atoms with van der Waals surface area (Å²) >= 11 is 0. The van der Waals surface area contributed by atoms with Gasteiger partial charge in [0.15, 0.2) is 0 Å². The zero-order chi connectivity index (χ0) is 9.94. The van der Waals surface area contributed by atoms with Crippen LogP contribution in [-0.2, 0) is 4.12 Å². The Morgan fingerprint density at radius 1 is 1.31 bits per heavy atom. The van der Waals surface area contributed by atoms with Crippen LogP contribution in [0, 0.1) is 0 Å². The van der Waals surface area contributed by atoms with E-state index in [0.29, 0.717) is 0 Å². The van der Waals surface area contributed by atoms with Crippen molar-refractivity contribution in [1.82, 2.24) is 10.2 Å². The second-order valence-corrected chi connectivity index (χ2v) is 7.03. The highest BCUT2D eigenvalue weighted by atomic mass is 28.3. The molecule has 0 spiro atoms. The summed E-state index contributed by atoms with van der Waals surface area (Å²) in [5, 5.41) is 3.45. The van der Waals surface area contributed by atoms with Crippen LogP contribution in [0.15, 0.2) is 0 Å². The number of hydrogen-bond acceptors (Lipinski definition) is 3. The van der Waals surface area contributed by atoms with Crippen molar-refractivity contribution in [3.63, 3.8) is 0 Å². The Morgan fingerprint density at radius 3 is 2.62 bits per heavy atom. The van der Waals surface area contributed by atoms with Crippen molar-refractivity contribution in [2.24, 2.45) is 0 Å². The Kier molecular flexibility index (Phi) is 10.6. The highest BCUT2D eigenvalue weighted by Crippen LogP contribution is 1.86. The van der Waals surface area contributed by atoms with E-state index in [2.05, 4.69) is 24.3 Å². The van der Waals surface area contributed by atoms with Crippen LogP contribution in [0.5, 0.6) is 0 Å². The monoisotopic (exact) mass is 220 g/mol. The van der Waals surface area contributed by atoms with Gasteiger partial charge in [-0.15, -0.1) is 0 Å². The minimum atomic E-state index is -0.117. The lowest BCUT2D eigenvalue weighted by Gasteiger charge is -2.09. The lowest BCUT2D eigenvalue weighted by Crippen LogP contribution is -2.22. The Morgan fingerprint density at radius 2 is 2.00 bits per heavy atom. The number of hydrogen-bond donors (Lipinski definition) is 1. The molecule has 13 heavy (non-hydrogen) atoms. The van der Waals surface area contributed by atoms with E-state index in [1.165, 1.54) is 32.0 Å². The van der Waals surface area contributed by atoms with E-state index in [1.54, 1.807) is 0 Å². The van der Waals surface area contributed by atoms with Crippen LogP contribution in [0.25, 0.3) is 0 Å². The average Bonchev–Trinajstić information content (AvgIpc) is 2.09. The Bertz CT molecular complexity index is 104. The van der Waals surface area contributed by atoms with Gasteiger partial charge in [0.25, 0.3) is 0 Å². The summed E-state index contributed by atoms with van der Waals surface area (Å²) in [7, 11) is 5.06. The second-order valence-electron chi connectivity index (χ2n) is 3.61. The topological polar surface area (TPSA) is 24.5 Å². The van der Waals surface area contributed by atoms with Crippen LogP contribution in [0.1, 0.15) is 12.8 Å². The largest absolute Gasteiger partial charge is 0.468 e. The van der Waals surface area contributed by atoms with Gasteiger partial charge in [0.1, 0.15) is 20.2 Å².